The number of imidazole rings is 1. The molecule has 0 aromatic carbocycles. The van der Waals surface area contributed by atoms with Gasteiger partial charge in [0.25, 0.3) is 0 Å². The highest BCUT2D eigenvalue weighted by molar-refractivity contribution is 5.81. The summed E-state index contributed by atoms with van der Waals surface area (Å²) in [7, 11) is 0. The maximum Gasteiger partial charge on any atom is 0.302 e. The van der Waals surface area contributed by atoms with Gasteiger partial charge in [-0.1, -0.05) is 0 Å². The lowest BCUT2D eigenvalue weighted by Gasteiger charge is -2.41. The minimum absolute atomic E-state index is 0.0107. The van der Waals surface area contributed by atoms with Gasteiger partial charge in [0.15, 0.2) is 17.7 Å². The van der Waals surface area contributed by atoms with Crippen molar-refractivity contribution in [3.8, 4) is 0 Å². The Morgan fingerprint density at radius 2 is 2.35 bits per heavy atom. The summed E-state index contributed by atoms with van der Waals surface area (Å²) in [6.07, 6.45) is 0.793. The number of nitrogens with zero attached hydrogens (tertiary/aromatic N) is 4. The second-order valence-corrected chi connectivity index (χ2v) is 4.44. The number of aromatic nitrogens is 4. The van der Waals surface area contributed by atoms with E-state index in [1.54, 1.807) is 4.57 Å². The van der Waals surface area contributed by atoms with Crippen LogP contribution in [0.4, 0.5) is 5.82 Å². The quantitative estimate of drug-likeness (QED) is 0.701. The summed E-state index contributed by atoms with van der Waals surface area (Å²) in [5.41, 5.74) is 6.61. The normalized spacial score (nSPS) is 25.4. The maximum atomic E-state index is 10.7. The van der Waals surface area contributed by atoms with Crippen molar-refractivity contribution >= 4 is 23.0 Å². The summed E-state index contributed by atoms with van der Waals surface area (Å²) in [6, 6.07) is 0. The molecule has 1 saturated heterocycles. The Hall–Kier alpha value is -2.26. The van der Waals surface area contributed by atoms with Crippen molar-refractivity contribution in [3.63, 3.8) is 0 Å². The summed E-state index contributed by atoms with van der Waals surface area (Å²) >= 11 is 0. The molecule has 3 N–H and O–H groups in total. The highest BCUT2D eigenvalue weighted by Gasteiger charge is 2.43. The Morgan fingerprint density at radius 3 is 3.05 bits per heavy atom. The third kappa shape index (κ3) is 1.96. The maximum absolute atomic E-state index is 10.7. The lowest BCUT2D eigenvalue weighted by molar-refractivity contribution is -0.266. The van der Waals surface area contributed by atoms with Gasteiger partial charge in [0.05, 0.1) is 6.33 Å². The number of hydrogen-bond donors (Lipinski definition) is 2. The third-order valence-corrected chi connectivity index (χ3v) is 3.10. The molecule has 0 amide bonds. The standard InChI is InChI=1S/C11H13N5O4/c1-5(17)19-2-6-8(18)11(20-6)16-4-15-7-9(12)13-3-14-10(7)16/h3-4,6,8,11,18H,2H2,1H3,(H2,12,13,14)/t6-,8+,11-/m1/s1. The van der Waals surface area contributed by atoms with Crippen LogP contribution >= 0.6 is 0 Å². The second kappa shape index (κ2) is 4.69. The number of nitrogens with two attached hydrogens (primary N) is 1. The summed E-state index contributed by atoms with van der Waals surface area (Å²) in [6.45, 7) is 1.31. The molecule has 2 aromatic heterocycles. The zero-order valence-corrected chi connectivity index (χ0v) is 10.6. The van der Waals surface area contributed by atoms with Gasteiger partial charge in [0.1, 0.15) is 30.7 Å². The van der Waals surface area contributed by atoms with Crippen LogP contribution in [0.15, 0.2) is 12.7 Å². The van der Waals surface area contributed by atoms with E-state index in [-0.39, 0.29) is 12.4 Å². The molecule has 20 heavy (non-hydrogen) atoms. The van der Waals surface area contributed by atoms with Gasteiger partial charge in [-0.05, 0) is 0 Å². The van der Waals surface area contributed by atoms with Crippen molar-refractivity contribution < 1.29 is 19.4 Å². The fraction of sp³-hybridized carbons (Fsp3) is 0.455. The SMILES string of the molecule is CC(=O)OC[C@H]1O[C@@H](n2cnc3c(N)ncnc32)[C@H]1O. The Balaban J connectivity index is 1.77. The monoisotopic (exact) mass is 279 g/mol. The smallest absolute Gasteiger partial charge is 0.302 e. The van der Waals surface area contributed by atoms with E-state index < -0.39 is 24.4 Å². The fourth-order valence-corrected chi connectivity index (χ4v) is 2.06. The van der Waals surface area contributed by atoms with Crippen LogP contribution in [0.25, 0.3) is 11.2 Å². The molecule has 0 radical (unpaired) electrons. The van der Waals surface area contributed by atoms with Crippen LogP contribution in [-0.4, -0.2) is 49.4 Å². The number of carbonyl (C=O) groups is 1. The molecule has 1 fully saturated rings. The number of anilines is 1. The number of hydrogen-bond acceptors (Lipinski definition) is 8. The molecule has 0 bridgehead atoms. The first kappa shape index (κ1) is 12.8. The first-order valence-corrected chi connectivity index (χ1v) is 5.98. The number of rotatable bonds is 3. The third-order valence-electron chi connectivity index (χ3n) is 3.10. The predicted molar refractivity (Wildman–Crippen MR) is 66.3 cm³/mol. The van der Waals surface area contributed by atoms with Crippen LogP contribution in [0.3, 0.4) is 0 Å². The molecular weight excluding hydrogens is 266 g/mol. The van der Waals surface area contributed by atoms with Crippen molar-refractivity contribution in [1.82, 2.24) is 19.5 Å². The predicted octanol–water partition coefficient (Wildman–Crippen LogP) is -0.770. The molecule has 3 rings (SSSR count). The molecule has 1 aliphatic rings. The molecule has 0 spiro atoms. The van der Waals surface area contributed by atoms with Crippen LogP contribution in [0.2, 0.25) is 0 Å². The van der Waals surface area contributed by atoms with Crippen LogP contribution in [0.5, 0.6) is 0 Å². The van der Waals surface area contributed by atoms with Crippen molar-refractivity contribution in [2.45, 2.75) is 25.4 Å². The van der Waals surface area contributed by atoms with E-state index in [1.807, 2.05) is 0 Å². The summed E-state index contributed by atoms with van der Waals surface area (Å²) < 4.78 is 11.9. The number of aliphatic hydroxyl groups excluding tert-OH is 1. The van der Waals surface area contributed by atoms with E-state index in [0.29, 0.717) is 11.2 Å². The number of aliphatic hydroxyl groups is 1. The largest absolute Gasteiger partial charge is 0.463 e. The number of carbonyl (C=O) groups excluding carboxylic acids is 1. The Labute approximate surface area is 113 Å². The minimum atomic E-state index is -0.817. The number of ether oxygens (including phenoxy) is 2. The molecule has 3 atom stereocenters. The van der Waals surface area contributed by atoms with Gasteiger partial charge in [-0.2, -0.15) is 0 Å². The molecule has 9 nitrogen and oxygen atoms in total. The zero-order valence-electron chi connectivity index (χ0n) is 10.6. The van der Waals surface area contributed by atoms with Gasteiger partial charge in [-0.25, -0.2) is 15.0 Å². The lowest BCUT2D eigenvalue weighted by atomic mass is 10.1. The highest BCUT2D eigenvalue weighted by atomic mass is 16.6. The zero-order chi connectivity index (χ0) is 14.3. The topological polar surface area (TPSA) is 125 Å². The molecule has 9 heteroatoms. The van der Waals surface area contributed by atoms with E-state index in [4.69, 9.17) is 15.2 Å². The summed E-state index contributed by atoms with van der Waals surface area (Å²) in [5.74, 6) is -0.156. The Kier molecular flexibility index (Phi) is 2.99. The summed E-state index contributed by atoms with van der Waals surface area (Å²) in [5, 5.41) is 10.0. The molecule has 106 valence electrons. The molecule has 0 saturated carbocycles. The summed E-state index contributed by atoms with van der Waals surface area (Å²) in [4.78, 5) is 22.7. The van der Waals surface area contributed by atoms with Crippen LogP contribution in [0, 0.1) is 0 Å². The van der Waals surface area contributed by atoms with Gasteiger partial charge in [-0.3, -0.25) is 9.36 Å². The van der Waals surface area contributed by atoms with Crippen LogP contribution in [-0.2, 0) is 14.3 Å². The van der Waals surface area contributed by atoms with E-state index in [0.717, 1.165) is 0 Å². The number of esters is 1. The van der Waals surface area contributed by atoms with Crippen LogP contribution < -0.4 is 5.73 Å². The van der Waals surface area contributed by atoms with Crippen molar-refractivity contribution in [2.75, 3.05) is 12.3 Å². The van der Waals surface area contributed by atoms with Crippen LogP contribution in [0.1, 0.15) is 13.2 Å². The van der Waals surface area contributed by atoms with E-state index >= 15 is 0 Å². The Morgan fingerprint density at radius 1 is 1.55 bits per heavy atom. The van der Waals surface area contributed by atoms with Gasteiger partial charge >= 0.3 is 5.97 Å². The van der Waals surface area contributed by atoms with Crippen molar-refractivity contribution in [2.24, 2.45) is 0 Å². The van der Waals surface area contributed by atoms with Crippen molar-refractivity contribution in [1.29, 1.82) is 0 Å². The average molecular weight is 279 g/mol. The first-order chi connectivity index (χ1) is 9.58. The Bertz CT molecular complexity index is 657. The number of nitrogen functional groups attached to an aromatic ring is 1. The van der Waals surface area contributed by atoms with E-state index in [1.165, 1.54) is 19.6 Å². The van der Waals surface area contributed by atoms with Crippen molar-refractivity contribution in [3.05, 3.63) is 12.7 Å². The lowest BCUT2D eigenvalue weighted by Crippen LogP contribution is -2.52. The first-order valence-electron chi connectivity index (χ1n) is 5.98. The molecule has 3 heterocycles. The second-order valence-electron chi connectivity index (χ2n) is 4.44. The fourth-order valence-electron chi connectivity index (χ4n) is 2.06. The molecule has 1 aliphatic heterocycles. The molecule has 0 aliphatic carbocycles. The van der Waals surface area contributed by atoms with Gasteiger partial charge in [0.2, 0.25) is 0 Å². The molecular formula is C11H13N5O4. The van der Waals surface area contributed by atoms with E-state index in [9.17, 15) is 9.90 Å². The average Bonchev–Trinajstić information content (AvgIpc) is 2.82. The highest BCUT2D eigenvalue weighted by Crippen LogP contribution is 2.33. The van der Waals surface area contributed by atoms with Gasteiger partial charge in [0, 0.05) is 6.92 Å². The number of fused-ring (bicyclic) bond motifs is 1. The van der Waals surface area contributed by atoms with Gasteiger partial charge in [-0.15, -0.1) is 0 Å². The van der Waals surface area contributed by atoms with E-state index in [2.05, 4.69) is 15.0 Å². The van der Waals surface area contributed by atoms with Gasteiger partial charge < -0.3 is 20.3 Å². The molecule has 0 unspecified atom stereocenters. The molecule has 2 aromatic rings. The minimum Gasteiger partial charge on any atom is -0.463 e.